The van der Waals surface area contributed by atoms with Crippen LogP contribution in [0.4, 0.5) is 0 Å². The zero-order chi connectivity index (χ0) is 24.1. The summed E-state index contributed by atoms with van der Waals surface area (Å²) in [6.45, 7) is 3.38. The molecule has 1 N–H and O–H groups in total. The first kappa shape index (κ1) is 23.8. The molecule has 9 heteroatoms. The van der Waals surface area contributed by atoms with Crippen molar-refractivity contribution in [1.29, 1.82) is 0 Å². The average Bonchev–Trinajstić information content (AvgIpc) is 3.18. The summed E-state index contributed by atoms with van der Waals surface area (Å²) in [6.07, 6.45) is -0.122. The van der Waals surface area contributed by atoms with Crippen LogP contribution in [0.1, 0.15) is 38.3 Å². The molecule has 0 saturated carbocycles. The number of nitrogens with zero attached hydrogens (tertiary/aromatic N) is 1. The van der Waals surface area contributed by atoms with E-state index in [0.29, 0.717) is 17.1 Å². The Balaban J connectivity index is 1.56. The average molecular weight is 454 g/mol. The van der Waals surface area contributed by atoms with Gasteiger partial charge in [-0.25, -0.2) is 0 Å². The predicted molar refractivity (Wildman–Crippen MR) is 118 cm³/mol. The van der Waals surface area contributed by atoms with E-state index in [1.54, 1.807) is 18.2 Å². The minimum atomic E-state index is -0.782. The van der Waals surface area contributed by atoms with Crippen LogP contribution in [0, 0.1) is 19.8 Å². The maximum atomic E-state index is 12.6. The van der Waals surface area contributed by atoms with E-state index >= 15 is 0 Å². The van der Waals surface area contributed by atoms with Crippen LogP contribution in [0.15, 0.2) is 36.4 Å². The lowest BCUT2D eigenvalue weighted by molar-refractivity contribution is -0.147. The molecule has 1 fully saturated rings. The van der Waals surface area contributed by atoms with Crippen molar-refractivity contribution in [2.75, 3.05) is 27.4 Å². The summed E-state index contributed by atoms with van der Waals surface area (Å²) in [6, 6.07) is 9.85. The van der Waals surface area contributed by atoms with E-state index in [0.717, 1.165) is 16.1 Å². The van der Waals surface area contributed by atoms with Gasteiger partial charge in [0.1, 0.15) is 0 Å². The van der Waals surface area contributed by atoms with Gasteiger partial charge < -0.3 is 14.2 Å². The molecule has 1 heterocycles. The minimum Gasteiger partial charge on any atom is -0.493 e. The zero-order valence-corrected chi connectivity index (χ0v) is 19.0. The second-order valence-corrected chi connectivity index (χ2v) is 7.75. The standard InChI is InChI=1S/C24H26N2O7/c1-14-5-6-16(9-15(14)2)19(27)13-33-24(30)18-11-22(28)26(12-18)25-23(29)17-7-8-20(31-3)21(10-17)32-4/h5-10,18H,11-13H2,1-4H3,(H,25,29)/t18-/m1/s1. The smallest absolute Gasteiger partial charge is 0.311 e. The molecule has 3 rings (SSSR count). The molecular formula is C24H26N2O7. The Labute approximate surface area is 191 Å². The third-order valence-electron chi connectivity index (χ3n) is 5.52. The summed E-state index contributed by atoms with van der Waals surface area (Å²) in [7, 11) is 2.93. The molecule has 0 unspecified atom stereocenters. The van der Waals surface area contributed by atoms with Gasteiger partial charge in [0, 0.05) is 17.5 Å². The SMILES string of the molecule is COc1ccc(C(=O)NN2C[C@H](C(=O)OCC(=O)c3ccc(C)c(C)c3)CC2=O)cc1OC. The van der Waals surface area contributed by atoms with Gasteiger partial charge in [-0.05, 0) is 49.2 Å². The number of hydrogen-bond acceptors (Lipinski definition) is 7. The van der Waals surface area contributed by atoms with E-state index in [4.69, 9.17) is 14.2 Å². The number of amides is 2. The van der Waals surface area contributed by atoms with Gasteiger partial charge in [0.2, 0.25) is 5.91 Å². The number of carbonyl (C=O) groups excluding carboxylic acids is 4. The van der Waals surface area contributed by atoms with Gasteiger partial charge in [0.05, 0.1) is 26.7 Å². The summed E-state index contributed by atoms with van der Waals surface area (Å²) >= 11 is 0. The van der Waals surface area contributed by atoms with E-state index in [2.05, 4.69) is 5.43 Å². The number of benzene rings is 2. The molecule has 1 aliphatic rings. The molecule has 0 radical (unpaired) electrons. The molecule has 0 aliphatic carbocycles. The number of Topliss-reactive ketones (excluding diaryl/α,β-unsaturated/α-hetero) is 1. The second-order valence-electron chi connectivity index (χ2n) is 7.75. The lowest BCUT2D eigenvalue weighted by Gasteiger charge is -2.18. The highest BCUT2D eigenvalue weighted by Gasteiger charge is 2.36. The van der Waals surface area contributed by atoms with Gasteiger partial charge in [-0.2, -0.15) is 0 Å². The number of ether oxygens (including phenoxy) is 3. The van der Waals surface area contributed by atoms with Crippen LogP contribution in [0.2, 0.25) is 0 Å². The van der Waals surface area contributed by atoms with Gasteiger partial charge in [0.25, 0.3) is 5.91 Å². The molecular weight excluding hydrogens is 428 g/mol. The Hall–Kier alpha value is -3.88. The summed E-state index contributed by atoms with van der Waals surface area (Å²) in [5, 5.41) is 1.08. The monoisotopic (exact) mass is 454 g/mol. The fourth-order valence-electron chi connectivity index (χ4n) is 3.39. The van der Waals surface area contributed by atoms with Crippen LogP contribution >= 0.6 is 0 Å². The van der Waals surface area contributed by atoms with Crippen molar-refractivity contribution in [2.45, 2.75) is 20.3 Å². The number of hydrazine groups is 1. The van der Waals surface area contributed by atoms with Crippen LogP contribution in [0.3, 0.4) is 0 Å². The number of ketones is 1. The topological polar surface area (TPSA) is 111 Å². The Morgan fingerprint density at radius 2 is 1.67 bits per heavy atom. The Morgan fingerprint density at radius 3 is 2.33 bits per heavy atom. The molecule has 0 aromatic heterocycles. The van der Waals surface area contributed by atoms with Gasteiger partial charge in [0.15, 0.2) is 23.9 Å². The van der Waals surface area contributed by atoms with Crippen molar-refractivity contribution in [1.82, 2.24) is 10.4 Å². The molecule has 0 spiro atoms. The third kappa shape index (κ3) is 5.49. The van der Waals surface area contributed by atoms with Crippen LogP contribution < -0.4 is 14.9 Å². The maximum Gasteiger partial charge on any atom is 0.311 e. The number of aryl methyl sites for hydroxylation is 2. The summed E-state index contributed by atoms with van der Waals surface area (Å²) in [5.74, 6) is -1.90. The molecule has 2 amide bonds. The predicted octanol–water partition coefficient (Wildman–Crippen LogP) is 2.24. The first-order valence-electron chi connectivity index (χ1n) is 10.3. The summed E-state index contributed by atoms with van der Waals surface area (Å²) < 4.78 is 15.5. The molecule has 1 saturated heterocycles. The normalized spacial score (nSPS) is 15.2. The molecule has 0 bridgehead atoms. The third-order valence-corrected chi connectivity index (χ3v) is 5.52. The highest BCUT2D eigenvalue weighted by atomic mass is 16.5. The lowest BCUT2D eigenvalue weighted by Crippen LogP contribution is -2.43. The van der Waals surface area contributed by atoms with E-state index in [1.165, 1.54) is 26.4 Å². The first-order valence-corrected chi connectivity index (χ1v) is 10.3. The van der Waals surface area contributed by atoms with Gasteiger partial charge >= 0.3 is 5.97 Å². The van der Waals surface area contributed by atoms with E-state index in [9.17, 15) is 19.2 Å². The molecule has 9 nitrogen and oxygen atoms in total. The van der Waals surface area contributed by atoms with Crippen molar-refractivity contribution in [2.24, 2.45) is 5.92 Å². The van der Waals surface area contributed by atoms with Crippen LogP contribution in [-0.2, 0) is 14.3 Å². The maximum absolute atomic E-state index is 12.6. The van der Waals surface area contributed by atoms with Crippen molar-refractivity contribution >= 4 is 23.6 Å². The summed E-state index contributed by atoms with van der Waals surface area (Å²) in [5.41, 5.74) is 5.23. The second kappa shape index (κ2) is 10.2. The fourth-order valence-corrected chi connectivity index (χ4v) is 3.39. The van der Waals surface area contributed by atoms with E-state index < -0.39 is 30.3 Å². The summed E-state index contributed by atoms with van der Waals surface area (Å²) in [4.78, 5) is 49.6. The number of rotatable bonds is 8. The first-order chi connectivity index (χ1) is 15.7. The van der Waals surface area contributed by atoms with Crippen LogP contribution in [0.25, 0.3) is 0 Å². The van der Waals surface area contributed by atoms with Gasteiger partial charge in [-0.15, -0.1) is 0 Å². The van der Waals surface area contributed by atoms with Crippen molar-refractivity contribution in [3.05, 3.63) is 58.7 Å². The van der Waals surface area contributed by atoms with E-state index in [1.807, 2.05) is 19.9 Å². The number of hydrogen-bond donors (Lipinski definition) is 1. The Bertz CT molecular complexity index is 1100. The number of esters is 1. The van der Waals surface area contributed by atoms with Crippen molar-refractivity contribution in [3.8, 4) is 11.5 Å². The number of nitrogens with one attached hydrogen (secondary N) is 1. The molecule has 33 heavy (non-hydrogen) atoms. The largest absolute Gasteiger partial charge is 0.493 e. The fraction of sp³-hybridized carbons (Fsp3) is 0.333. The van der Waals surface area contributed by atoms with Gasteiger partial charge in [-0.3, -0.25) is 29.6 Å². The highest BCUT2D eigenvalue weighted by Crippen LogP contribution is 2.27. The highest BCUT2D eigenvalue weighted by molar-refractivity contribution is 5.99. The van der Waals surface area contributed by atoms with Crippen LogP contribution in [0.5, 0.6) is 11.5 Å². The Morgan fingerprint density at radius 1 is 0.970 bits per heavy atom. The molecule has 1 atom stereocenters. The molecule has 174 valence electrons. The molecule has 2 aromatic rings. The number of methoxy groups -OCH3 is 2. The molecule has 2 aromatic carbocycles. The number of carbonyl (C=O) groups is 4. The van der Waals surface area contributed by atoms with E-state index in [-0.39, 0.29) is 24.3 Å². The zero-order valence-electron chi connectivity index (χ0n) is 19.0. The molecule has 1 aliphatic heterocycles. The minimum absolute atomic E-state index is 0.0471. The van der Waals surface area contributed by atoms with Crippen molar-refractivity contribution < 1.29 is 33.4 Å². The lowest BCUT2D eigenvalue weighted by atomic mass is 10.0. The quantitative estimate of drug-likeness (QED) is 0.481. The Kier molecular flexibility index (Phi) is 7.32. The van der Waals surface area contributed by atoms with Crippen molar-refractivity contribution in [3.63, 3.8) is 0 Å². The van der Waals surface area contributed by atoms with Crippen LogP contribution in [-0.4, -0.2) is 55.9 Å². The van der Waals surface area contributed by atoms with Gasteiger partial charge in [-0.1, -0.05) is 12.1 Å².